The number of hydrogen-bond donors (Lipinski definition) is 1. The SMILES string of the molecule is CCN1CCOC(c2noc(C3(C(C)C)CCNC3)n2)C1. The average Bonchev–Trinajstić information content (AvgIpc) is 3.17. The van der Waals surface area contributed by atoms with Gasteiger partial charge in [0.1, 0.15) is 6.10 Å². The molecule has 0 spiro atoms. The van der Waals surface area contributed by atoms with Crippen LogP contribution in [0.3, 0.4) is 0 Å². The Hall–Kier alpha value is -0.980. The van der Waals surface area contributed by atoms with E-state index in [1.165, 1.54) is 0 Å². The molecule has 2 aliphatic heterocycles. The van der Waals surface area contributed by atoms with Crippen molar-refractivity contribution in [3.63, 3.8) is 0 Å². The Morgan fingerprint density at radius 3 is 3.00 bits per heavy atom. The van der Waals surface area contributed by atoms with E-state index in [9.17, 15) is 0 Å². The fourth-order valence-corrected chi connectivity index (χ4v) is 3.35. The molecule has 0 amide bonds. The quantitative estimate of drug-likeness (QED) is 0.904. The molecule has 2 unspecified atom stereocenters. The lowest BCUT2D eigenvalue weighted by atomic mass is 9.76. The topological polar surface area (TPSA) is 63.4 Å². The molecule has 0 bridgehead atoms. The minimum absolute atomic E-state index is 0.0235. The molecule has 0 aromatic carbocycles. The smallest absolute Gasteiger partial charge is 0.234 e. The van der Waals surface area contributed by atoms with E-state index in [4.69, 9.17) is 14.2 Å². The molecule has 1 aromatic rings. The maximum atomic E-state index is 5.82. The van der Waals surface area contributed by atoms with E-state index in [0.29, 0.717) is 11.7 Å². The number of morpholine rings is 1. The second kappa shape index (κ2) is 6.02. The van der Waals surface area contributed by atoms with Gasteiger partial charge in [0.05, 0.1) is 12.0 Å². The summed E-state index contributed by atoms with van der Waals surface area (Å²) in [4.78, 5) is 7.07. The predicted octanol–water partition coefficient (Wildman–Crippen LogP) is 1.35. The lowest BCUT2D eigenvalue weighted by molar-refractivity contribution is -0.0334. The second-order valence-corrected chi connectivity index (χ2v) is 6.45. The van der Waals surface area contributed by atoms with E-state index in [1.807, 2.05) is 0 Å². The number of ether oxygens (including phenoxy) is 1. The van der Waals surface area contributed by atoms with Gasteiger partial charge in [-0.3, -0.25) is 4.90 Å². The van der Waals surface area contributed by atoms with Crippen molar-refractivity contribution in [3.05, 3.63) is 11.7 Å². The molecule has 21 heavy (non-hydrogen) atoms. The standard InChI is InChI=1S/C15H26N4O2/c1-4-19-7-8-20-12(9-19)13-17-14(21-18-13)15(11(2)3)5-6-16-10-15/h11-12,16H,4-10H2,1-3H3. The van der Waals surface area contributed by atoms with Crippen LogP contribution >= 0.6 is 0 Å². The first kappa shape index (κ1) is 14.9. The van der Waals surface area contributed by atoms with Crippen LogP contribution in [-0.2, 0) is 10.2 Å². The molecule has 2 saturated heterocycles. The first-order chi connectivity index (χ1) is 10.2. The van der Waals surface area contributed by atoms with Gasteiger partial charge in [-0.2, -0.15) is 4.98 Å². The third kappa shape index (κ3) is 2.72. The summed E-state index contributed by atoms with van der Waals surface area (Å²) in [6, 6.07) is 0. The van der Waals surface area contributed by atoms with Crippen LogP contribution in [0.2, 0.25) is 0 Å². The molecular weight excluding hydrogens is 268 g/mol. The van der Waals surface area contributed by atoms with Crippen LogP contribution < -0.4 is 5.32 Å². The van der Waals surface area contributed by atoms with Crippen molar-refractivity contribution in [1.82, 2.24) is 20.4 Å². The number of rotatable bonds is 4. The number of hydrogen-bond acceptors (Lipinski definition) is 6. The zero-order valence-electron chi connectivity index (χ0n) is 13.3. The minimum Gasteiger partial charge on any atom is -0.367 e. The Kier molecular flexibility index (Phi) is 4.28. The molecule has 1 N–H and O–H groups in total. The summed E-state index contributed by atoms with van der Waals surface area (Å²) in [5, 5.41) is 7.65. The van der Waals surface area contributed by atoms with Crippen molar-refractivity contribution in [1.29, 1.82) is 0 Å². The molecule has 1 aromatic heterocycles. The Labute approximate surface area is 126 Å². The van der Waals surface area contributed by atoms with Crippen molar-refractivity contribution in [2.24, 2.45) is 5.92 Å². The van der Waals surface area contributed by atoms with Crippen LogP contribution in [0.15, 0.2) is 4.52 Å². The zero-order chi connectivity index (χ0) is 14.9. The first-order valence-electron chi connectivity index (χ1n) is 8.04. The Balaban J connectivity index is 1.79. The molecular formula is C15H26N4O2. The van der Waals surface area contributed by atoms with Gasteiger partial charge in [0.15, 0.2) is 0 Å². The van der Waals surface area contributed by atoms with Gasteiger partial charge >= 0.3 is 0 Å². The Morgan fingerprint density at radius 2 is 2.33 bits per heavy atom. The van der Waals surface area contributed by atoms with Crippen molar-refractivity contribution in [3.8, 4) is 0 Å². The van der Waals surface area contributed by atoms with E-state index in [-0.39, 0.29) is 11.5 Å². The number of aromatic nitrogens is 2. The fraction of sp³-hybridized carbons (Fsp3) is 0.867. The van der Waals surface area contributed by atoms with Gasteiger partial charge in [0, 0.05) is 19.6 Å². The zero-order valence-corrected chi connectivity index (χ0v) is 13.3. The summed E-state index contributed by atoms with van der Waals surface area (Å²) in [6.45, 7) is 12.2. The Morgan fingerprint density at radius 1 is 1.48 bits per heavy atom. The minimum atomic E-state index is -0.0604. The number of nitrogens with one attached hydrogen (secondary N) is 1. The molecule has 6 heteroatoms. The molecule has 3 heterocycles. The molecule has 2 atom stereocenters. The molecule has 0 radical (unpaired) electrons. The highest BCUT2D eigenvalue weighted by Crippen LogP contribution is 2.37. The fourth-order valence-electron chi connectivity index (χ4n) is 3.35. The second-order valence-electron chi connectivity index (χ2n) is 6.45. The maximum absolute atomic E-state index is 5.82. The molecule has 0 aliphatic carbocycles. The third-order valence-electron chi connectivity index (χ3n) is 5.05. The summed E-state index contributed by atoms with van der Waals surface area (Å²) in [5.41, 5.74) is -0.0235. The molecule has 2 aliphatic rings. The van der Waals surface area contributed by atoms with Crippen LogP contribution in [0.4, 0.5) is 0 Å². The van der Waals surface area contributed by atoms with Crippen LogP contribution in [0.5, 0.6) is 0 Å². The monoisotopic (exact) mass is 294 g/mol. The Bertz CT molecular complexity index is 468. The molecule has 6 nitrogen and oxygen atoms in total. The van der Waals surface area contributed by atoms with E-state index in [1.54, 1.807) is 0 Å². The molecule has 0 saturated carbocycles. The van der Waals surface area contributed by atoms with E-state index >= 15 is 0 Å². The lowest BCUT2D eigenvalue weighted by Crippen LogP contribution is -2.38. The largest absolute Gasteiger partial charge is 0.367 e. The number of nitrogens with zero attached hydrogens (tertiary/aromatic N) is 3. The van der Waals surface area contributed by atoms with Gasteiger partial charge in [-0.15, -0.1) is 0 Å². The van der Waals surface area contributed by atoms with Gasteiger partial charge in [-0.1, -0.05) is 25.9 Å². The summed E-state index contributed by atoms with van der Waals surface area (Å²) >= 11 is 0. The summed E-state index contributed by atoms with van der Waals surface area (Å²) < 4.78 is 11.5. The van der Waals surface area contributed by atoms with Gasteiger partial charge in [-0.25, -0.2) is 0 Å². The highest BCUT2D eigenvalue weighted by Gasteiger charge is 2.44. The number of likely N-dealkylation sites (N-methyl/N-ethyl adjacent to an activating group) is 1. The van der Waals surface area contributed by atoms with Crippen LogP contribution in [0, 0.1) is 5.92 Å². The third-order valence-corrected chi connectivity index (χ3v) is 5.05. The predicted molar refractivity (Wildman–Crippen MR) is 79.1 cm³/mol. The average molecular weight is 294 g/mol. The van der Waals surface area contributed by atoms with Crippen molar-refractivity contribution < 1.29 is 9.26 Å². The van der Waals surface area contributed by atoms with Gasteiger partial charge in [-0.05, 0) is 25.4 Å². The molecule has 2 fully saturated rings. The summed E-state index contributed by atoms with van der Waals surface area (Å²) in [5.74, 6) is 1.95. The van der Waals surface area contributed by atoms with Crippen molar-refractivity contribution in [2.45, 2.75) is 38.7 Å². The molecule has 3 rings (SSSR count). The van der Waals surface area contributed by atoms with Crippen LogP contribution in [0.25, 0.3) is 0 Å². The highest BCUT2D eigenvalue weighted by molar-refractivity contribution is 5.12. The highest BCUT2D eigenvalue weighted by atomic mass is 16.5. The van der Waals surface area contributed by atoms with Crippen molar-refractivity contribution >= 4 is 0 Å². The van der Waals surface area contributed by atoms with E-state index < -0.39 is 0 Å². The first-order valence-corrected chi connectivity index (χ1v) is 8.04. The molecule has 118 valence electrons. The maximum Gasteiger partial charge on any atom is 0.234 e. The normalized spacial score (nSPS) is 31.1. The van der Waals surface area contributed by atoms with Crippen LogP contribution in [-0.4, -0.2) is 54.4 Å². The van der Waals surface area contributed by atoms with Crippen LogP contribution in [0.1, 0.15) is 45.0 Å². The van der Waals surface area contributed by atoms with Crippen molar-refractivity contribution in [2.75, 3.05) is 39.3 Å². The summed E-state index contributed by atoms with van der Waals surface area (Å²) in [7, 11) is 0. The van der Waals surface area contributed by atoms with Gasteiger partial charge in [0.25, 0.3) is 0 Å². The summed E-state index contributed by atoms with van der Waals surface area (Å²) in [6.07, 6.45) is 0.994. The van der Waals surface area contributed by atoms with E-state index in [2.05, 4.69) is 36.1 Å². The lowest BCUT2D eigenvalue weighted by Gasteiger charge is -2.30. The van der Waals surface area contributed by atoms with E-state index in [0.717, 1.165) is 51.6 Å². The van der Waals surface area contributed by atoms with Gasteiger partial charge in [0.2, 0.25) is 11.7 Å². The van der Waals surface area contributed by atoms with Gasteiger partial charge < -0.3 is 14.6 Å².